The smallest absolute Gasteiger partial charge is 0.253 e. The average Bonchev–Trinajstić information content (AvgIpc) is 3.67. The van der Waals surface area contributed by atoms with Crippen molar-refractivity contribution in [3.63, 3.8) is 0 Å². The van der Waals surface area contributed by atoms with E-state index >= 15 is 0 Å². The first kappa shape index (κ1) is 35.5. The zero-order valence-electron chi connectivity index (χ0n) is 34.4. The molecule has 2 aliphatic heterocycles. The van der Waals surface area contributed by atoms with Gasteiger partial charge in [0.1, 0.15) is 0 Å². The lowest BCUT2D eigenvalue weighted by Crippen LogP contribution is -2.61. The van der Waals surface area contributed by atoms with Gasteiger partial charge in [0.15, 0.2) is 0 Å². The molecule has 2 aliphatic rings. The summed E-state index contributed by atoms with van der Waals surface area (Å²) in [4.78, 5) is 7.35. The molecule has 11 aromatic rings. The van der Waals surface area contributed by atoms with Gasteiger partial charge in [-0.25, -0.2) is 0 Å². The van der Waals surface area contributed by atoms with Crippen LogP contribution < -0.4 is 31.1 Å². The lowest BCUT2D eigenvalue weighted by molar-refractivity contribution is 1.18. The molecule has 0 atom stereocenters. The van der Waals surface area contributed by atoms with Crippen LogP contribution >= 0.6 is 0 Å². The van der Waals surface area contributed by atoms with E-state index in [9.17, 15) is 0 Å². The van der Waals surface area contributed by atoms with Crippen molar-refractivity contribution in [2.24, 2.45) is 0 Å². The van der Waals surface area contributed by atoms with Gasteiger partial charge in [-0.05, 0) is 130 Å². The minimum absolute atomic E-state index is 0.0407. The summed E-state index contributed by atoms with van der Waals surface area (Å²) in [6, 6.07) is 86.5. The number of nitrogens with zero attached hydrogens (tertiary/aromatic N) is 4. The summed E-state index contributed by atoms with van der Waals surface area (Å²) in [5, 5.41) is 4.94. The summed E-state index contributed by atoms with van der Waals surface area (Å²) >= 11 is 0. The second-order valence-electron chi connectivity index (χ2n) is 16.5. The number of para-hydroxylation sites is 5. The Labute approximate surface area is 366 Å². The first-order valence-electron chi connectivity index (χ1n) is 21.7. The number of anilines is 9. The summed E-state index contributed by atoms with van der Waals surface area (Å²) < 4.78 is 2.49. The molecular weight excluding hydrogens is 763 g/mol. The van der Waals surface area contributed by atoms with E-state index in [2.05, 4.69) is 256 Å². The maximum atomic E-state index is 2.52. The third kappa shape index (κ3) is 5.43. The van der Waals surface area contributed by atoms with Crippen LogP contribution in [0.2, 0.25) is 0 Å². The van der Waals surface area contributed by atoms with E-state index < -0.39 is 0 Å². The molecule has 0 radical (unpaired) electrons. The fourth-order valence-corrected chi connectivity index (χ4v) is 10.5. The third-order valence-corrected chi connectivity index (χ3v) is 13.1. The van der Waals surface area contributed by atoms with E-state index in [0.717, 1.165) is 39.6 Å². The maximum Gasteiger partial charge on any atom is 0.253 e. The summed E-state index contributed by atoms with van der Waals surface area (Å²) in [6.07, 6.45) is 0. The Kier molecular flexibility index (Phi) is 7.97. The minimum Gasteiger partial charge on any atom is -0.311 e. The summed E-state index contributed by atoms with van der Waals surface area (Å²) in [5.74, 6) is 0. The molecule has 63 heavy (non-hydrogen) atoms. The van der Waals surface area contributed by atoms with Crippen molar-refractivity contribution in [1.29, 1.82) is 0 Å². The first-order chi connectivity index (χ1) is 31.3. The van der Waals surface area contributed by atoms with Crippen molar-refractivity contribution < 1.29 is 0 Å². The van der Waals surface area contributed by atoms with Crippen LogP contribution in [0.4, 0.5) is 51.2 Å². The number of hydrogen-bond donors (Lipinski definition) is 0. The van der Waals surface area contributed by atoms with Gasteiger partial charge in [0.05, 0.1) is 11.0 Å². The average molecular weight is 803 g/mol. The molecule has 0 saturated carbocycles. The highest BCUT2D eigenvalue weighted by Crippen LogP contribution is 2.47. The van der Waals surface area contributed by atoms with Crippen molar-refractivity contribution >= 4 is 107 Å². The maximum absolute atomic E-state index is 2.52. The molecule has 0 unspecified atom stereocenters. The molecule has 0 spiro atoms. The fourth-order valence-electron chi connectivity index (χ4n) is 10.5. The molecule has 0 saturated heterocycles. The lowest BCUT2D eigenvalue weighted by atomic mass is 9.33. The molecule has 0 N–H and O–H groups in total. The predicted molar refractivity (Wildman–Crippen MR) is 267 cm³/mol. The van der Waals surface area contributed by atoms with Gasteiger partial charge in [0.25, 0.3) is 6.71 Å². The second-order valence-corrected chi connectivity index (χ2v) is 16.5. The number of fused-ring (bicyclic) bond motifs is 9. The number of aromatic nitrogens is 1. The quantitative estimate of drug-likeness (QED) is 0.156. The Balaban J connectivity index is 1.15. The highest BCUT2D eigenvalue weighted by atomic mass is 15.2. The highest BCUT2D eigenvalue weighted by Gasteiger charge is 2.44. The van der Waals surface area contributed by atoms with Crippen molar-refractivity contribution in [3.8, 4) is 5.69 Å². The standard InChI is InChI=1S/C58H39BN4/c1-6-20-41(21-7-1)60(42-22-8-2-9-23-42)46-34-35-48-49-38-56-50(39-55(49)63(54(48)37-46)45-28-14-5-15-29-45)59-57-47-30-17-16-19-40(47)33-36-53(57)61(43-24-10-3-11-25-43)51-31-18-32-52(58(51)59)62(56)44-26-12-4-13-27-44/h1-39H. The van der Waals surface area contributed by atoms with Gasteiger partial charge in [-0.2, -0.15) is 0 Å². The molecule has 0 fully saturated rings. The van der Waals surface area contributed by atoms with Crippen LogP contribution in [0.1, 0.15) is 0 Å². The second kappa shape index (κ2) is 14.2. The molecule has 1 aromatic heterocycles. The minimum atomic E-state index is -0.0407. The Bertz CT molecular complexity index is 3480. The molecule has 4 nitrogen and oxygen atoms in total. The van der Waals surface area contributed by atoms with Crippen LogP contribution in [0.25, 0.3) is 38.3 Å². The Morgan fingerprint density at radius 2 is 0.841 bits per heavy atom. The van der Waals surface area contributed by atoms with E-state index in [1.807, 2.05) is 0 Å². The molecule has 13 rings (SSSR count). The van der Waals surface area contributed by atoms with E-state index in [-0.39, 0.29) is 6.71 Å². The highest BCUT2D eigenvalue weighted by molar-refractivity contribution is 7.01. The molecular formula is C58H39BN4. The predicted octanol–water partition coefficient (Wildman–Crippen LogP) is 13.5. The van der Waals surface area contributed by atoms with Crippen molar-refractivity contribution in [1.82, 2.24) is 4.57 Å². The van der Waals surface area contributed by atoms with Gasteiger partial charge in [0.2, 0.25) is 0 Å². The number of rotatable bonds is 6. The van der Waals surface area contributed by atoms with Crippen LogP contribution in [0, 0.1) is 0 Å². The first-order valence-corrected chi connectivity index (χ1v) is 21.7. The molecule has 294 valence electrons. The lowest BCUT2D eigenvalue weighted by Gasteiger charge is -2.44. The van der Waals surface area contributed by atoms with Crippen molar-refractivity contribution in [3.05, 3.63) is 237 Å². The number of benzene rings is 10. The summed E-state index contributed by atoms with van der Waals surface area (Å²) in [7, 11) is 0. The zero-order valence-corrected chi connectivity index (χ0v) is 34.4. The van der Waals surface area contributed by atoms with E-state index in [1.54, 1.807) is 0 Å². The van der Waals surface area contributed by atoms with Crippen LogP contribution in [0.5, 0.6) is 0 Å². The third-order valence-electron chi connectivity index (χ3n) is 13.1. The van der Waals surface area contributed by atoms with Crippen LogP contribution in [0.3, 0.4) is 0 Å². The molecule has 5 heteroatoms. The Hall–Kier alpha value is -8.28. The topological polar surface area (TPSA) is 14.7 Å². The SMILES string of the molecule is c1ccc(N(c2ccccc2)c2ccc3c4cc5c(cc4n(-c4ccccc4)c3c2)B2c3c(cccc3N(c3ccccc3)c3ccc4ccccc4c32)N5c2ccccc2)cc1. The van der Waals surface area contributed by atoms with Gasteiger partial charge < -0.3 is 19.3 Å². The molecule has 10 aromatic carbocycles. The van der Waals surface area contributed by atoms with Gasteiger partial charge in [-0.3, -0.25) is 0 Å². The van der Waals surface area contributed by atoms with Gasteiger partial charge in [0, 0.05) is 67.6 Å². The monoisotopic (exact) mass is 802 g/mol. The van der Waals surface area contributed by atoms with E-state index in [1.165, 1.54) is 66.2 Å². The fraction of sp³-hybridized carbons (Fsp3) is 0. The largest absolute Gasteiger partial charge is 0.311 e. The molecule has 0 aliphatic carbocycles. The van der Waals surface area contributed by atoms with E-state index in [0.29, 0.717) is 0 Å². The number of hydrogen-bond acceptors (Lipinski definition) is 3. The van der Waals surface area contributed by atoms with Crippen molar-refractivity contribution in [2.45, 2.75) is 0 Å². The molecule has 3 heterocycles. The van der Waals surface area contributed by atoms with Crippen LogP contribution in [0.15, 0.2) is 237 Å². The normalized spacial score (nSPS) is 12.7. The van der Waals surface area contributed by atoms with Crippen LogP contribution in [-0.2, 0) is 0 Å². The van der Waals surface area contributed by atoms with Gasteiger partial charge in [-0.1, -0.05) is 133 Å². The zero-order chi connectivity index (χ0) is 41.4. The molecule has 0 bridgehead atoms. The van der Waals surface area contributed by atoms with Gasteiger partial charge in [-0.15, -0.1) is 0 Å². The summed E-state index contributed by atoms with van der Waals surface area (Å²) in [6.45, 7) is -0.0407. The van der Waals surface area contributed by atoms with Gasteiger partial charge >= 0.3 is 0 Å². The van der Waals surface area contributed by atoms with Crippen molar-refractivity contribution in [2.75, 3.05) is 14.7 Å². The van der Waals surface area contributed by atoms with Crippen LogP contribution in [-0.4, -0.2) is 11.3 Å². The summed E-state index contributed by atoms with van der Waals surface area (Å²) in [5.41, 5.74) is 17.8. The van der Waals surface area contributed by atoms with E-state index in [4.69, 9.17) is 0 Å². The Morgan fingerprint density at radius 1 is 0.317 bits per heavy atom. The Morgan fingerprint density at radius 3 is 1.48 bits per heavy atom. The molecule has 0 amide bonds.